The summed E-state index contributed by atoms with van der Waals surface area (Å²) in [7, 11) is 1.62. The van der Waals surface area contributed by atoms with E-state index < -0.39 is 0 Å². The Labute approximate surface area is 211 Å². The molecule has 3 aromatic rings. The van der Waals surface area contributed by atoms with Crippen LogP contribution in [-0.4, -0.2) is 29.6 Å². The number of benzene rings is 3. The van der Waals surface area contributed by atoms with Gasteiger partial charge in [-0.3, -0.25) is 9.69 Å². The molecule has 180 valence electrons. The van der Waals surface area contributed by atoms with Crippen molar-refractivity contribution < 1.29 is 14.3 Å². The van der Waals surface area contributed by atoms with E-state index in [4.69, 9.17) is 14.5 Å². The molecule has 0 bridgehead atoms. The fourth-order valence-electron chi connectivity index (χ4n) is 3.61. The molecular formula is C29H30N2O3S. The lowest BCUT2D eigenvalue weighted by Crippen LogP contribution is -2.30. The van der Waals surface area contributed by atoms with E-state index in [1.165, 1.54) is 17.3 Å². The van der Waals surface area contributed by atoms with Gasteiger partial charge in [-0.15, -0.1) is 0 Å². The molecule has 0 spiro atoms. The lowest BCUT2D eigenvalue weighted by atomic mass is 10.1. The standard InChI is InChI=1S/C29H30N2O3S/c1-4-5-17-31-28(32)27(35-29(31)30-24-14-11-21(2)12-15-24)19-23-13-16-25(26(18-23)33-3)34-20-22-9-7-6-8-10-22/h6-16,18-19H,4-5,17,20H2,1-3H3/b27-19+,30-29?. The van der Waals surface area contributed by atoms with E-state index in [0.29, 0.717) is 34.7 Å². The minimum atomic E-state index is -0.0160. The minimum Gasteiger partial charge on any atom is -0.493 e. The van der Waals surface area contributed by atoms with Crippen molar-refractivity contribution in [2.24, 2.45) is 4.99 Å². The quantitative estimate of drug-likeness (QED) is 0.306. The van der Waals surface area contributed by atoms with Crippen molar-refractivity contribution in [3.63, 3.8) is 0 Å². The second-order valence-electron chi connectivity index (χ2n) is 8.34. The van der Waals surface area contributed by atoms with Gasteiger partial charge in [-0.25, -0.2) is 4.99 Å². The molecule has 1 saturated heterocycles. The predicted molar refractivity (Wildman–Crippen MR) is 144 cm³/mol. The summed E-state index contributed by atoms with van der Waals surface area (Å²) in [5.74, 6) is 1.27. The second-order valence-corrected chi connectivity index (χ2v) is 9.34. The number of carbonyl (C=O) groups is 1. The van der Waals surface area contributed by atoms with Crippen molar-refractivity contribution in [3.8, 4) is 11.5 Å². The number of amides is 1. The summed E-state index contributed by atoms with van der Waals surface area (Å²) in [4.78, 5) is 20.5. The molecular weight excluding hydrogens is 456 g/mol. The lowest BCUT2D eigenvalue weighted by molar-refractivity contribution is -0.122. The van der Waals surface area contributed by atoms with Gasteiger partial charge in [0, 0.05) is 6.54 Å². The maximum Gasteiger partial charge on any atom is 0.266 e. The maximum atomic E-state index is 13.3. The van der Waals surface area contributed by atoms with Gasteiger partial charge in [0.15, 0.2) is 16.7 Å². The van der Waals surface area contributed by atoms with Gasteiger partial charge in [-0.2, -0.15) is 0 Å². The van der Waals surface area contributed by atoms with Crippen molar-refractivity contribution in [2.75, 3.05) is 13.7 Å². The van der Waals surface area contributed by atoms with Crippen LogP contribution in [0.15, 0.2) is 82.7 Å². The number of unbranched alkanes of at least 4 members (excludes halogenated alkanes) is 1. The Morgan fingerprint density at radius 2 is 1.77 bits per heavy atom. The average Bonchev–Trinajstić information content (AvgIpc) is 3.17. The van der Waals surface area contributed by atoms with Crippen molar-refractivity contribution in [1.29, 1.82) is 0 Å². The number of aryl methyl sites for hydroxylation is 1. The Morgan fingerprint density at radius 1 is 1.00 bits per heavy atom. The molecule has 1 aliphatic heterocycles. The van der Waals surface area contributed by atoms with Gasteiger partial charge < -0.3 is 9.47 Å². The van der Waals surface area contributed by atoms with Crippen molar-refractivity contribution in [2.45, 2.75) is 33.3 Å². The molecule has 0 saturated carbocycles. The van der Waals surface area contributed by atoms with Crippen LogP contribution in [0.4, 0.5) is 5.69 Å². The first-order valence-electron chi connectivity index (χ1n) is 11.8. The van der Waals surface area contributed by atoms with Gasteiger partial charge in [-0.05, 0) is 66.6 Å². The number of amidine groups is 1. The third-order valence-electron chi connectivity index (χ3n) is 5.60. The van der Waals surface area contributed by atoms with Gasteiger partial charge >= 0.3 is 0 Å². The third kappa shape index (κ3) is 6.34. The summed E-state index contributed by atoms with van der Waals surface area (Å²) < 4.78 is 11.5. The van der Waals surface area contributed by atoms with E-state index in [0.717, 1.165) is 29.7 Å². The van der Waals surface area contributed by atoms with E-state index in [-0.39, 0.29) is 5.91 Å². The van der Waals surface area contributed by atoms with Crippen LogP contribution in [0.25, 0.3) is 6.08 Å². The average molecular weight is 487 g/mol. The Kier molecular flexibility index (Phi) is 8.27. The van der Waals surface area contributed by atoms with Crippen molar-refractivity contribution in [3.05, 3.63) is 94.4 Å². The molecule has 1 fully saturated rings. The highest BCUT2D eigenvalue weighted by Gasteiger charge is 2.33. The van der Waals surface area contributed by atoms with Crippen LogP contribution in [0.5, 0.6) is 11.5 Å². The van der Waals surface area contributed by atoms with Gasteiger partial charge in [-0.1, -0.05) is 67.4 Å². The molecule has 0 radical (unpaired) electrons. The number of carbonyl (C=O) groups excluding carboxylic acids is 1. The van der Waals surface area contributed by atoms with Crippen LogP contribution in [0.2, 0.25) is 0 Å². The normalized spacial score (nSPS) is 15.7. The summed E-state index contributed by atoms with van der Waals surface area (Å²) in [6.07, 6.45) is 3.83. The second kappa shape index (κ2) is 11.8. The zero-order valence-electron chi connectivity index (χ0n) is 20.4. The monoisotopic (exact) mass is 486 g/mol. The smallest absolute Gasteiger partial charge is 0.266 e. The molecule has 0 aromatic heterocycles. The number of rotatable bonds is 9. The van der Waals surface area contributed by atoms with Gasteiger partial charge in [0.25, 0.3) is 5.91 Å². The molecule has 4 rings (SSSR count). The van der Waals surface area contributed by atoms with E-state index in [9.17, 15) is 4.79 Å². The number of hydrogen-bond acceptors (Lipinski definition) is 5. The Bertz CT molecular complexity index is 1220. The Hall–Kier alpha value is -3.51. The van der Waals surface area contributed by atoms with E-state index >= 15 is 0 Å². The topological polar surface area (TPSA) is 51.1 Å². The Balaban J connectivity index is 1.56. The molecule has 0 N–H and O–H groups in total. The van der Waals surface area contributed by atoms with E-state index in [2.05, 4.69) is 6.92 Å². The molecule has 1 heterocycles. The van der Waals surface area contributed by atoms with E-state index in [1.807, 2.05) is 85.8 Å². The lowest BCUT2D eigenvalue weighted by Gasteiger charge is -2.14. The highest BCUT2D eigenvalue weighted by molar-refractivity contribution is 8.18. The zero-order valence-corrected chi connectivity index (χ0v) is 21.2. The number of methoxy groups -OCH3 is 1. The molecule has 0 unspecified atom stereocenters. The fourth-order valence-corrected chi connectivity index (χ4v) is 4.64. The van der Waals surface area contributed by atoms with Crippen LogP contribution < -0.4 is 9.47 Å². The van der Waals surface area contributed by atoms with Crippen LogP contribution in [0.3, 0.4) is 0 Å². The summed E-state index contributed by atoms with van der Waals surface area (Å²) in [5.41, 5.74) is 3.98. The van der Waals surface area contributed by atoms with Crippen LogP contribution in [0.1, 0.15) is 36.5 Å². The molecule has 6 heteroatoms. The number of ether oxygens (including phenoxy) is 2. The molecule has 35 heavy (non-hydrogen) atoms. The van der Waals surface area contributed by atoms with Gasteiger partial charge in [0.2, 0.25) is 0 Å². The predicted octanol–water partition coefficient (Wildman–Crippen LogP) is 6.99. The number of thioether (sulfide) groups is 1. The summed E-state index contributed by atoms with van der Waals surface area (Å²) in [5, 5.41) is 0.716. The summed E-state index contributed by atoms with van der Waals surface area (Å²) >= 11 is 1.41. The summed E-state index contributed by atoms with van der Waals surface area (Å²) in [6.45, 7) is 5.28. The number of hydrogen-bond donors (Lipinski definition) is 0. The van der Waals surface area contributed by atoms with Crippen molar-refractivity contribution >= 4 is 34.6 Å². The highest BCUT2D eigenvalue weighted by Crippen LogP contribution is 2.36. The minimum absolute atomic E-state index is 0.0160. The third-order valence-corrected chi connectivity index (χ3v) is 6.61. The SMILES string of the molecule is CCCCN1C(=O)/C(=C\c2ccc(OCc3ccccc3)c(OC)c2)SC1=Nc1ccc(C)cc1. The first-order valence-corrected chi connectivity index (χ1v) is 12.6. The number of nitrogens with zero attached hydrogens (tertiary/aromatic N) is 2. The molecule has 0 atom stereocenters. The molecule has 1 amide bonds. The van der Waals surface area contributed by atoms with Gasteiger partial charge in [0.05, 0.1) is 17.7 Å². The number of aliphatic imine (C=N–C) groups is 1. The highest BCUT2D eigenvalue weighted by atomic mass is 32.2. The largest absolute Gasteiger partial charge is 0.493 e. The van der Waals surface area contributed by atoms with E-state index in [1.54, 1.807) is 12.0 Å². The molecule has 5 nitrogen and oxygen atoms in total. The summed E-state index contributed by atoms with van der Waals surface area (Å²) in [6, 6.07) is 23.7. The first-order chi connectivity index (χ1) is 17.1. The zero-order chi connectivity index (χ0) is 24.6. The van der Waals surface area contributed by atoms with Crippen molar-refractivity contribution in [1.82, 2.24) is 4.90 Å². The van der Waals surface area contributed by atoms with Crippen LogP contribution in [-0.2, 0) is 11.4 Å². The maximum absolute atomic E-state index is 13.3. The molecule has 0 aliphatic carbocycles. The molecule has 1 aliphatic rings. The molecule has 3 aromatic carbocycles. The fraction of sp³-hybridized carbons (Fsp3) is 0.241. The Morgan fingerprint density at radius 3 is 2.49 bits per heavy atom. The van der Waals surface area contributed by atoms with Crippen LogP contribution in [0, 0.1) is 6.92 Å². The first kappa shape index (κ1) is 24.6. The van der Waals surface area contributed by atoms with Gasteiger partial charge in [0.1, 0.15) is 6.61 Å². The van der Waals surface area contributed by atoms with Crippen LogP contribution >= 0.6 is 11.8 Å².